The van der Waals surface area contributed by atoms with Crippen molar-refractivity contribution in [2.24, 2.45) is 0 Å². The molecule has 4 aromatic rings. The van der Waals surface area contributed by atoms with Crippen molar-refractivity contribution in [3.63, 3.8) is 0 Å². The molecule has 2 aromatic carbocycles. The molecular formula is C20H15IN2O4S. The van der Waals surface area contributed by atoms with Crippen LogP contribution < -0.4 is 14.8 Å². The molecule has 6 nitrogen and oxygen atoms in total. The maximum atomic E-state index is 12.9. The maximum Gasteiger partial charge on any atom is 0.341 e. The highest BCUT2D eigenvalue weighted by Crippen LogP contribution is 2.23. The molecule has 142 valence electrons. The summed E-state index contributed by atoms with van der Waals surface area (Å²) in [6.45, 7) is 3.66. The number of imidazole rings is 1. The van der Waals surface area contributed by atoms with Crippen molar-refractivity contribution in [3.05, 3.63) is 65.5 Å². The largest absolute Gasteiger partial charge is 0.481 e. The van der Waals surface area contributed by atoms with Crippen molar-refractivity contribution in [1.29, 1.82) is 0 Å². The van der Waals surface area contributed by atoms with E-state index in [4.69, 9.17) is 9.84 Å². The SMILES string of the molecule is Cc1cc2nc3s/c(=C\c4ccc(OCC(=O)O)c(I)c4)c(=O)n3c2cc1C. The highest BCUT2D eigenvalue weighted by atomic mass is 127. The molecule has 0 aliphatic rings. The molecule has 28 heavy (non-hydrogen) atoms. The minimum Gasteiger partial charge on any atom is -0.481 e. The third-order valence-corrected chi connectivity index (χ3v) is 6.27. The molecule has 0 radical (unpaired) electrons. The second-order valence-corrected chi connectivity index (χ2v) is 8.61. The first-order chi connectivity index (χ1) is 13.3. The van der Waals surface area contributed by atoms with Crippen LogP contribution >= 0.6 is 33.9 Å². The van der Waals surface area contributed by atoms with E-state index in [0.29, 0.717) is 15.2 Å². The summed E-state index contributed by atoms with van der Waals surface area (Å²) in [7, 11) is 0. The summed E-state index contributed by atoms with van der Waals surface area (Å²) in [6.07, 6.45) is 1.82. The topological polar surface area (TPSA) is 80.9 Å². The molecule has 4 rings (SSSR count). The Morgan fingerprint density at radius 2 is 2.04 bits per heavy atom. The van der Waals surface area contributed by atoms with Gasteiger partial charge in [0, 0.05) is 0 Å². The Balaban J connectivity index is 1.79. The lowest BCUT2D eigenvalue weighted by Crippen LogP contribution is -2.22. The first kappa shape index (κ1) is 18.9. The van der Waals surface area contributed by atoms with Gasteiger partial charge in [-0.25, -0.2) is 14.2 Å². The third-order valence-electron chi connectivity index (χ3n) is 4.46. The lowest BCUT2D eigenvalue weighted by molar-refractivity contribution is -0.139. The van der Waals surface area contributed by atoms with Gasteiger partial charge in [0.05, 0.1) is 19.1 Å². The highest BCUT2D eigenvalue weighted by Gasteiger charge is 2.12. The van der Waals surface area contributed by atoms with Gasteiger partial charge in [-0.2, -0.15) is 0 Å². The zero-order valence-corrected chi connectivity index (χ0v) is 18.0. The highest BCUT2D eigenvalue weighted by molar-refractivity contribution is 14.1. The van der Waals surface area contributed by atoms with Crippen LogP contribution in [0.15, 0.2) is 35.1 Å². The molecule has 0 amide bonds. The van der Waals surface area contributed by atoms with Crippen molar-refractivity contribution < 1.29 is 14.6 Å². The second kappa shape index (κ2) is 7.17. The maximum absolute atomic E-state index is 12.9. The minimum absolute atomic E-state index is 0.0908. The number of fused-ring (bicyclic) bond motifs is 3. The fourth-order valence-corrected chi connectivity index (χ4v) is 4.62. The lowest BCUT2D eigenvalue weighted by Gasteiger charge is -2.06. The first-order valence-corrected chi connectivity index (χ1v) is 10.3. The minimum atomic E-state index is -1.03. The number of ether oxygens (including phenoxy) is 1. The number of hydrogen-bond donors (Lipinski definition) is 1. The van der Waals surface area contributed by atoms with Gasteiger partial charge in [0.2, 0.25) is 0 Å². The van der Waals surface area contributed by atoms with Gasteiger partial charge in [-0.05, 0) is 83.5 Å². The first-order valence-electron chi connectivity index (χ1n) is 8.41. The van der Waals surface area contributed by atoms with Gasteiger partial charge in [0.25, 0.3) is 5.56 Å². The van der Waals surface area contributed by atoms with E-state index in [0.717, 1.165) is 31.3 Å². The average molecular weight is 506 g/mol. The molecule has 1 N–H and O–H groups in total. The van der Waals surface area contributed by atoms with E-state index in [2.05, 4.69) is 27.6 Å². The smallest absolute Gasteiger partial charge is 0.341 e. The average Bonchev–Trinajstić information content (AvgIpc) is 3.11. The Morgan fingerprint density at radius 1 is 1.29 bits per heavy atom. The number of halogens is 1. The number of hydrogen-bond acceptors (Lipinski definition) is 5. The number of rotatable bonds is 4. The van der Waals surface area contributed by atoms with Crippen LogP contribution in [0.25, 0.3) is 22.1 Å². The summed E-state index contributed by atoms with van der Waals surface area (Å²) in [6, 6.07) is 9.37. The van der Waals surface area contributed by atoms with Crippen LogP contribution in [0.4, 0.5) is 0 Å². The van der Waals surface area contributed by atoms with E-state index >= 15 is 0 Å². The van der Waals surface area contributed by atoms with Crippen LogP contribution in [0, 0.1) is 17.4 Å². The van der Waals surface area contributed by atoms with Crippen LogP contribution in [-0.2, 0) is 4.79 Å². The molecule has 0 unspecified atom stereocenters. The summed E-state index contributed by atoms with van der Waals surface area (Å²) in [4.78, 5) is 28.9. The third kappa shape index (κ3) is 3.37. The molecule has 0 saturated heterocycles. The van der Waals surface area contributed by atoms with E-state index in [-0.39, 0.29) is 5.56 Å². The molecule has 0 aliphatic carbocycles. The zero-order chi connectivity index (χ0) is 20.0. The Morgan fingerprint density at radius 3 is 2.75 bits per heavy atom. The second-order valence-electron chi connectivity index (χ2n) is 6.44. The number of carbonyl (C=O) groups is 1. The number of carboxylic acids is 1. The zero-order valence-electron chi connectivity index (χ0n) is 15.0. The molecule has 0 saturated carbocycles. The van der Waals surface area contributed by atoms with Gasteiger partial charge in [-0.15, -0.1) is 0 Å². The molecule has 0 spiro atoms. The normalized spacial score (nSPS) is 12.2. The molecule has 0 atom stereocenters. The Labute approximate surface area is 177 Å². The number of aryl methyl sites for hydroxylation is 2. The van der Waals surface area contributed by atoms with Gasteiger partial charge >= 0.3 is 5.97 Å². The number of aromatic nitrogens is 2. The Hall–Kier alpha value is -2.46. The van der Waals surface area contributed by atoms with Crippen LogP contribution in [0.2, 0.25) is 0 Å². The van der Waals surface area contributed by atoms with Crippen molar-refractivity contribution in [2.75, 3.05) is 6.61 Å². The number of aliphatic carboxylic acids is 1. The fraction of sp³-hybridized carbons (Fsp3) is 0.150. The predicted octanol–water partition coefficient (Wildman–Crippen LogP) is 3.14. The van der Waals surface area contributed by atoms with Crippen LogP contribution in [0.1, 0.15) is 16.7 Å². The molecule has 2 aromatic heterocycles. The van der Waals surface area contributed by atoms with E-state index in [1.54, 1.807) is 16.5 Å². The summed E-state index contributed by atoms with van der Waals surface area (Å²) < 4.78 is 8.27. The monoisotopic (exact) mass is 506 g/mol. The lowest BCUT2D eigenvalue weighted by atomic mass is 10.1. The van der Waals surface area contributed by atoms with Crippen molar-refractivity contribution >= 4 is 62.0 Å². The van der Waals surface area contributed by atoms with E-state index in [1.807, 2.05) is 38.1 Å². The molecule has 8 heteroatoms. The number of thiazole rings is 1. The molecular weight excluding hydrogens is 491 g/mol. The van der Waals surface area contributed by atoms with Gasteiger partial charge < -0.3 is 9.84 Å². The van der Waals surface area contributed by atoms with E-state index in [1.165, 1.54) is 11.3 Å². The predicted molar refractivity (Wildman–Crippen MR) is 117 cm³/mol. The molecule has 2 heterocycles. The van der Waals surface area contributed by atoms with E-state index < -0.39 is 12.6 Å². The van der Waals surface area contributed by atoms with Crippen LogP contribution in [-0.4, -0.2) is 27.1 Å². The molecule has 0 fully saturated rings. The Bertz CT molecular complexity index is 1360. The van der Waals surface area contributed by atoms with Crippen molar-refractivity contribution in [1.82, 2.24) is 9.38 Å². The summed E-state index contributed by atoms with van der Waals surface area (Å²) in [5, 5.41) is 8.73. The van der Waals surface area contributed by atoms with Crippen LogP contribution in [0.5, 0.6) is 5.75 Å². The van der Waals surface area contributed by atoms with Crippen molar-refractivity contribution in [2.45, 2.75) is 13.8 Å². The van der Waals surface area contributed by atoms with Crippen LogP contribution in [0.3, 0.4) is 0 Å². The fourth-order valence-electron chi connectivity index (χ4n) is 2.93. The molecule has 0 bridgehead atoms. The van der Waals surface area contributed by atoms with Gasteiger partial charge in [-0.3, -0.25) is 4.79 Å². The van der Waals surface area contributed by atoms with Gasteiger partial charge in [0.15, 0.2) is 11.6 Å². The number of benzene rings is 2. The summed E-state index contributed by atoms with van der Waals surface area (Å²) >= 11 is 3.44. The molecule has 0 aliphatic heterocycles. The summed E-state index contributed by atoms with van der Waals surface area (Å²) in [5.41, 5.74) is 4.67. The van der Waals surface area contributed by atoms with Gasteiger partial charge in [0.1, 0.15) is 5.75 Å². The van der Waals surface area contributed by atoms with E-state index in [9.17, 15) is 9.59 Å². The number of nitrogens with zero attached hydrogens (tertiary/aromatic N) is 2. The standard InChI is InChI=1S/C20H15IN2O4S/c1-10-5-14-15(6-11(10)2)23-19(26)17(28-20(23)22-14)8-12-3-4-16(13(21)7-12)27-9-18(24)25/h3-8H,9H2,1-2H3,(H,24,25)/b17-8-. The Kier molecular flexibility index (Phi) is 4.84. The number of carboxylic acid groups (broad SMARTS) is 1. The quantitative estimate of drug-likeness (QED) is 0.431. The summed E-state index contributed by atoms with van der Waals surface area (Å²) in [5.74, 6) is -0.526. The van der Waals surface area contributed by atoms with Crippen molar-refractivity contribution in [3.8, 4) is 5.75 Å². The van der Waals surface area contributed by atoms with Gasteiger partial charge in [-0.1, -0.05) is 17.4 Å².